The van der Waals surface area contributed by atoms with Crippen LogP contribution in [0.2, 0.25) is 0 Å². The molecule has 0 aliphatic heterocycles. The highest BCUT2D eigenvalue weighted by Gasteiger charge is 2.09. The van der Waals surface area contributed by atoms with E-state index in [0.29, 0.717) is 17.1 Å². The van der Waals surface area contributed by atoms with Gasteiger partial charge < -0.3 is 15.4 Å². The number of hydrogen-bond acceptors (Lipinski definition) is 2. The normalized spacial score (nSPS) is 10.3. The molecule has 0 spiro atoms. The number of ether oxygens (including phenoxy) is 1. The second-order valence-corrected chi connectivity index (χ2v) is 4.99. The van der Waals surface area contributed by atoms with Gasteiger partial charge in [0, 0.05) is 5.69 Å². The van der Waals surface area contributed by atoms with Crippen molar-refractivity contribution in [3.63, 3.8) is 0 Å². The molecule has 23 heavy (non-hydrogen) atoms. The van der Waals surface area contributed by atoms with Crippen LogP contribution in [0, 0.1) is 5.82 Å². The van der Waals surface area contributed by atoms with E-state index in [2.05, 4.69) is 10.6 Å². The molecule has 0 saturated heterocycles. The maximum atomic E-state index is 13.1. The zero-order chi connectivity index (χ0) is 16.2. The van der Waals surface area contributed by atoms with Gasteiger partial charge in [-0.2, -0.15) is 0 Å². The number of urea groups is 1. The van der Waals surface area contributed by atoms with E-state index in [1.54, 1.807) is 13.2 Å². The van der Waals surface area contributed by atoms with Gasteiger partial charge in [-0.3, -0.25) is 0 Å². The molecule has 3 rings (SSSR count). The van der Waals surface area contributed by atoms with Crippen LogP contribution in [0.25, 0.3) is 10.8 Å². The van der Waals surface area contributed by atoms with Crippen LogP contribution in [-0.2, 0) is 0 Å². The molecule has 0 atom stereocenters. The van der Waals surface area contributed by atoms with E-state index in [1.807, 2.05) is 36.4 Å². The number of halogens is 1. The van der Waals surface area contributed by atoms with Crippen molar-refractivity contribution < 1.29 is 13.9 Å². The summed E-state index contributed by atoms with van der Waals surface area (Å²) in [6, 6.07) is 16.7. The van der Waals surface area contributed by atoms with Crippen molar-refractivity contribution in [1.29, 1.82) is 0 Å². The molecule has 0 unspecified atom stereocenters. The second-order valence-electron chi connectivity index (χ2n) is 4.99. The van der Waals surface area contributed by atoms with E-state index < -0.39 is 11.8 Å². The molecular weight excluding hydrogens is 295 g/mol. The number of carbonyl (C=O) groups is 1. The summed E-state index contributed by atoms with van der Waals surface area (Å²) >= 11 is 0. The minimum absolute atomic E-state index is 0.377. The summed E-state index contributed by atoms with van der Waals surface area (Å²) in [5.74, 6) is 0.143. The smallest absolute Gasteiger partial charge is 0.323 e. The van der Waals surface area contributed by atoms with Crippen molar-refractivity contribution in [3.8, 4) is 5.75 Å². The molecular formula is C18H15FN2O2. The van der Waals surface area contributed by atoms with Crippen LogP contribution in [0.3, 0.4) is 0 Å². The predicted octanol–water partition coefficient (Wildman–Crippen LogP) is 4.63. The van der Waals surface area contributed by atoms with E-state index in [-0.39, 0.29) is 0 Å². The van der Waals surface area contributed by atoms with Crippen molar-refractivity contribution in [2.24, 2.45) is 0 Å². The van der Waals surface area contributed by atoms with E-state index in [4.69, 9.17) is 4.74 Å². The summed E-state index contributed by atoms with van der Waals surface area (Å²) < 4.78 is 18.5. The minimum atomic E-state index is -0.468. The lowest BCUT2D eigenvalue weighted by Gasteiger charge is -2.12. The highest BCUT2D eigenvalue weighted by Crippen LogP contribution is 2.30. The molecule has 0 aliphatic rings. The van der Waals surface area contributed by atoms with Crippen molar-refractivity contribution in [3.05, 3.63) is 66.5 Å². The van der Waals surface area contributed by atoms with Crippen molar-refractivity contribution in [1.82, 2.24) is 0 Å². The Balaban J connectivity index is 1.83. The molecule has 0 heterocycles. The quantitative estimate of drug-likeness (QED) is 0.741. The van der Waals surface area contributed by atoms with Crippen molar-refractivity contribution >= 4 is 28.2 Å². The Morgan fingerprint density at radius 1 is 0.957 bits per heavy atom. The predicted molar refractivity (Wildman–Crippen MR) is 89.5 cm³/mol. The Hall–Kier alpha value is -3.08. The number of rotatable bonds is 3. The summed E-state index contributed by atoms with van der Waals surface area (Å²) in [6.45, 7) is 0. The average molecular weight is 310 g/mol. The molecule has 0 aliphatic carbocycles. The minimum Gasteiger partial charge on any atom is -0.495 e. The maximum absolute atomic E-state index is 13.1. The first-order chi connectivity index (χ1) is 11.2. The second kappa shape index (κ2) is 6.36. The Morgan fingerprint density at radius 3 is 2.39 bits per heavy atom. The van der Waals surface area contributed by atoms with Crippen LogP contribution in [0.5, 0.6) is 5.75 Å². The first kappa shape index (κ1) is 14.8. The van der Waals surface area contributed by atoms with Crippen molar-refractivity contribution in [2.75, 3.05) is 17.7 Å². The molecule has 0 aromatic heterocycles. The fourth-order valence-electron chi connectivity index (χ4n) is 2.34. The number of hydrogen-bond donors (Lipinski definition) is 2. The third-order valence-corrected chi connectivity index (χ3v) is 3.40. The van der Waals surface area contributed by atoms with Gasteiger partial charge in [-0.1, -0.05) is 30.3 Å². The maximum Gasteiger partial charge on any atom is 0.323 e. The average Bonchev–Trinajstić information content (AvgIpc) is 2.54. The van der Waals surface area contributed by atoms with Gasteiger partial charge in [0.15, 0.2) is 0 Å². The Morgan fingerprint density at radius 2 is 1.70 bits per heavy atom. The van der Waals surface area contributed by atoms with Crippen molar-refractivity contribution in [2.45, 2.75) is 0 Å². The SMILES string of the molecule is COc1cc2ccccc2cc1NC(=O)Nc1cccc(F)c1. The van der Waals surface area contributed by atoms with Gasteiger partial charge in [0.05, 0.1) is 12.8 Å². The van der Waals surface area contributed by atoms with Crippen LogP contribution >= 0.6 is 0 Å². The number of benzene rings is 3. The number of fused-ring (bicyclic) bond motifs is 1. The molecule has 0 saturated carbocycles. The van der Waals surface area contributed by atoms with E-state index in [1.165, 1.54) is 18.2 Å². The number of amides is 2. The van der Waals surface area contributed by atoms with Gasteiger partial charge in [0.25, 0.3) is 0 Å². The summed E-state index contributed by atoms with van der Waals surface area (Å²) in [5.41, 5.74) is 0.919. The molecule has 0 bridgehead atoms. The molecule has 3 aromatic carbocycles. The molecule has 0 radical (unpaired) electrons. The summed E-state index contributed by atoms with van der Waals surface area (Å²) in [5, 5.41) is 7.30. The molecule has 3 aromatic rings. The summed E-state index contributed by atoms with van der Waals surface area (Å²) in [4.78, 5) is 12.1. The van der Waals surface area contributed by atoms with Gasteiger partial charge in [-0.15, -0.1) is 0 Å². The van der Waals surface area contributed by atoms with E-state index in [9.17, 15) is 9.18 Å². The van der Waals surface area contributed by atoms with Gasteiger partial charge in [-0.25, -0.2) is 9.18 Å². The third-order valence-electron chi connectivity index (χ3n) is 3.40. The molecule has 0 fully saturated rings. The van der Waals surface area contributed by atoms with Crippen LogP contribution in [-0.4, -0.2) is 13.1 Å². The van der Waals surface area contributed by atoms with E-state index >= 15 is 0 Å². The third kappa shape index (κ3) is 3.40. The van der Waals surface area contributed by atoms with Crippen LogP contribution < -0.4 is 15.4 Å². The van der Waals surface area contributed by atoms with E-state index in [0.717, 1.165) is 10.8 Å². The number of carbonyl (C=O) groups excluding carboxylic acids is 1. The molecule has 4 nitrogen and oxygen atoms in total. The lowest BCUT2D eigenvalue weighted by Crippen LogP contribution is -2.19. The summed E-state index contributed by atoms with van der Waals surface area (Å²) in [7, 11) is 1.54. The van der Waals surface area contributed by atoms with Gasteiger partial charge in [0.1, 0.15) is 11.6 Å². The highest BCUT2D eigenvalue weighted by molar-refractivity contribution is 6.02. The van der Waals surface area contributed by atoms with Crippen LogP contribution in [0.1, 0.15) is 0 Å². The monoisotopic (exact) mass is 310 g/mol. The molecule has 2 amide bonds. The standard InChI is InChI=1S/C18H15FN2O2/c1-23-17-10-13-6-3-2-5-12(13)9-16(17)21-18(22)20-15-8-4-7-14(19)11-15/h2-11H,1H3,(H2,20,21,22). The Kier molecular flexibility index (Phi) is 4.10. The van der Waals surface area contributed by atoms with Crippen LogP contribution in [0.15, 0.2) is 60.7 Å². The first-order valence-electron chi connectivity index (χ1n) is 7.06. The van der Waals surface area contributed by atoms with Gasteiger partial charge >= 0.3 is 6.03 Å². The number of methoxy groups -OCH3 is 1. The summed E-state index contributed by atoms with van der Waals surface area (Å²) in [6.07, 6.45) is 0. The fraction of sp³-hybridized carbons (Fsp3) is 0.0556. The Bertz CT molecular complexity index is 865. The number of nitrogens with one attached hydrogen (secondary N) is 2. The first-order valence-corrected chi connectivity index (χ1v) is 7.06. The molecule has 5 heteroatoms. The van der Waals surface area contributed by atoms with Crippen LogP contribution in [0.4, 0.5) is 20.6 Å². The number of anilines is 2. The Labute approximate surface area is 132 Å². The molecule has 2 N–H and O–H groups in total. The highest BCUT2D eigenvalue weighted by atomic mass is 19.1. The zero-order valence-electron chi connectivity index (χ0n) is 12.5. The molecule has 116 valence electrons. The lowest BCUT2D eigenvalue weighted by molar-refractivity contribution is 0.262. The lowest BCUT2D eigenvalue weighted by atomic mass is 10.1. The zero-order valence-corrected chi connectivity index (χ0v) is 12.5. The fourth-order valence-corrected chi connectivity index (χ4v) is 2.34. The van der Waals surface area contributed by atoms with Gasteiger partial charge in [-0.05, 0) is 41.1 Å². The topological polar surface area (TPSA) is 50.4 Å². The largest absolute Gasteiger partial charge is 0.495 e. The van der Waals surface area contributed by atoms with Gasteiger partial charge in [0.2, 0.25) is 0 Å².